The Morgan fingerprint density at radius 1 is 0.296 bits per heavy atom. The summed E-state index contributed by atoms with van der Waals surface area (Å²) in [7, 11) is -9.87. The number of hydrogen-bond acceptors (Lipinski definition) is 15. The number of aliphatic hydroxyl groups is 1. The second-order valence-electron chi connectivity index (χ2n) is 22.4. The van der Waals surface area contributed by atoms with Crippen molar-refractivity contribution in [2.45, 2.75) is 335 Å². The maximum Gasteiger partial charge on any atom is 0.472 e. The van der Waals surface area contributed by atoms with Gasteiger partial charge in [0.1, 0.15) is 19.3 Å². The van der Waals surface area contributed by atoms with Crippen molar-refractivity contribution in [3.63, 3.8) is 0 Å². The normalized spacial score (nSPS) is 14.2. The first kappa shape index (κ1) is 79.1. The fraction of sp³-hybridized carbons (Fsp3) is 0.935. The molecule has 0 aromatic rings. The van der Waals surface area contributed by atoms with E-state index in [4.69, 9.17) is 37.0 Å². The summed E-state index contributed by atoms with van der Waals surface area (Å²) in [6.45, 7) is 4.78. The molecule has 0 fully saturated rings. The smallest absolute Gasteiger partial charge is 0.462 e. The first-order valence-electron chi connectivity index (χ1n) is 32.8. The molecule has 0 aliphatic rings. The van der Waals surface area contributed by atoms with Gasteiger partial charge in [-0.15, -0.1) is 0 Å². The van der Waals surface area contributed by atoms with Crippen LogP contribution in [0.5, 0.6) is 0 Å². The van der Waals surface area contributed by atoms with Gasteiger partial charge < -0.3 is 33.8 Å². The predicted octanol–water partition coefficient (Wildman–Crippen LogP) is 17.2. The van der Waals surface area contributed by atoms with E-state index in [9.17, 15) is 43.2 Å². The number of esters is 4. The molecular formula is C62H120O17P2. The zero-order valence-electron chi connectivity index (χ0n) is 51.7. The van der Waals surface area contributed by atoms with Crippen LogP contribution in [0.4, 0.5) is 0 Å². The van der Waals surface area contributed by atoms with Crippen LogP contribution in [-0.2, 0) is 65.4 Å². The number of phosphoric ester groups is 2. The molecule has 0 aromatic carbocycles. The van der Waals surface area contributed by atoms with Crippen molar-refractivity contribution in [3.8, 4) is 0 Å². The Morgan fingerprint density at radius 2 is 0.494 bits per heavy atom. The van der Waals surface area contributed by atoms with Gasteiger partial charge >= 0.3 is 39.5 Å². The fourth-order valence-electron chi connectivity index (χ4n) is 9.28. The molecule has 0 aliphatic carbocycles. The highest BCUT2D eigenvalue weighted by atomic mass is 31.2. The van der Waals surface area contributed by atoms with E-state index < -0.39 is 97.5 Å². The largest absolute Gasteiger partial charge is 0.472 e. The van der Waals surface area contributed by atoms with Crippen molar-refractivity contribution in [2.24, 2.45) is 0 Å². The minimum atomic E-state index is -4.94. The van der Waals surface area contributed by atoms with Crippen LogP contribution < -0.4 is 0 Å². The third-order valence-electron chi connectivity index (χ3n) is 14.4. The molecule has 0 heterocycles. The molecular weight excluding hydrogens is 1080 g/mol. The van der Waals surface area contributed by atoms with E-state index in [1.165, 1.54) is 122 Å². The van der Waals surface area contributed by atoms with Gasteiger partial charge in [-0.2, -0.15) is 0 Å². The Morgan fingerprint density at radius 3 is 0.728 bits per heavy atom. The van der Waals surface area contributed by atoms with E-state index in [1.807, 2.05) is 0 Å². The molecule has 0 saturated heterocycles. The Bertz CT molecular complexity index is 1570. The molecule has 19 heteroatoms. The second kappa shape index (κ2) is 57.2. The number of phosphoric acid groups is 2. The molecule has 2 unspecified atom stereocenters. The molecule has 81 heavy (non-hydrogen) atoms. The van der Waals surface area contributed by atoms with Gasteiger partial charge in [0.25, 0.3) is 0 Å². The highest BCUT2D eigenvalue weighted by Gasteiger charge is 2.30. The highest BCUT2D eigenvalue weighted by Crippen LogP contribution is 2.45. The summed E-state index contributed by atoms with van der Waals surface area (Å²) in [5.41, 5.74) is 0. The molecule has 0 bridgehead atoms. The Kier molecular flexibility index (Phi) is 55.8. The van der Waals surface area contributed by atoms with Crippen molar-refractivity contribution in [2.75, 3.05) is 39.6 Å². The zero-order valence-corrected chi connectivity index (χ0v) is 53.5. The van der Waals surface area contributed by atoms with Crippen LogP contribution in [0.2, 0.25) is 0 Å². The van der Waals surface area contributed by atoms with Crippen LogP contribution in [0.15, 0.2) is 0 Å². The van der Waals surface area contributed by atoms with Crippen LogP contribution in [0.3, 0.4) is 0 Å². The number of rotatable bonds is 63. The number of aliphatic hydroxyl groups excluding tert-OH is 1. The summed E-state index contributed by atoms with van der Waals surface area (Å²) in [6, 6.07) is 0. The molecule has 0 rings (SSSR count). The molecule has 0 amide bonds. The highest BCUT2D eigenvalue weighted by molar-refractivity contribution is 7.47. The van der Waals surface area contributed by atoms with E-state index >= 15 is 0 Å². The van der Waals surface area contributed by atoms with Crippen molar-refractivity contribution in [1.29, 1.82) is 0 Å². The lowest BCUT2D eigenvalue weighted by atomic mass is 10.0. The van der Waals surface area contributed by atoms with Gasteiger partial charge in [-0.25, -0.2) is 9.13 Å². The van der Waals surface area contributed by atoms with Gasteiger partial charge in [-0.05, 0) is 25.7 Å². The standard InChI is InChI=1S/C62H120O17P2/c1-5-9-13-17-21-23-24-25-26-27-28-29-30-31-33-37-41-45-49-62(67)79-58(53-73-60(65)47-43-39-36-32-22-18-14-10-6-2)55-77-81(70,71)75-51-56(63)50-74-80(68,69)76-54-57(78-61(66)48-44-40-35-20-16-12-8-4)52-72-59(64)46-42-38-34-19-15-11-7-3/h56-58,63H,5-55H2,1-4H3,(H,68,69)(H,70,71)/t56-,57+,58+/m0/s1. The minimum Gasteiger partial charge on any atom is -0.462 e. The van der Waals surface area contributed by atoms with Gasteiger partial charge in [0.2, 0.25) is 0 Å². The van der Waals surface area contributed by atoms with Gasteiger partial charge in [0, 0.05) is 25.7 Å². The number of hydrogen-bond donors (Lipinski definition) is 3. The average molecular weight is 1200 g/mol. The maximum atomic E-state index is 12.9. The summed E-state index contributed by atoms with van der Waals surface area (Å²) in [6.07, 6.45) is 42.0. The Hall–Kier alpha value is -1.94. The molecule has 0 saturated carbocycles. The second-order valence-corrected chi connectivity index (χ2v) is 25.4. The van der Waals surface area contributed by atoms with Crippen LogP contribution in [0.25, 0.3) is 0 Å². The molecule has 5 atom stereocenters. The Labute approximate surface area is 492 Å². The van der Waals surface area contributed by atoms with Crippen LogP contribution in [0, 0.1) is 0 Å². The van der Waals surface area contributed by atoms with Gasteiger partial charge in [-0.3, -0.25) is 37.3 Å². The van der Waals surface area contributed by atoms with E-state index in [0.717, 1.165) is 116 Å². The summed E-state index contributed by atoms with van der Waals surface area (Å²) >= 11 is 0. The molecule has 0 aliphatic heterocycles. The third-order valence-corrected chi connectivity index (χ3v) is 16.3. The maximum absolute atomic E-state index is 12.9. The van der Waals surface area contributed by atoms with E-state index in [1.54, 1.807) is 0 Å². The summed E-state index contributed by atoms with van der Waals surface area (Å²) in [5.74, 6) is -2.14. The lowest BCUT2D eigenvalue weighted by Crippen LogP contribution is -2.30. The van der Waals surface area contributed by atoms with E-state index in [-0.39, 0.29) is 25.7 Å². The van der Waals surface area contributed by atoms with E-state index in [2.05, 4.69) is 27.7 Å². The molecule has 480 valence electrons. The number of carbonyl (C=O) groups excluding carboxylic acids is 4. The monoisotopic (exact) mass is 1200 g/mol. The molecule has 0 aromatic heterocycles. The van der Waals surface area contributed by atoms with Crippen molar-refractivity contribution < 1.29 is 80.2 Å². The quantitative estimate of drug-likeness (QED) is 0.0222. The first-order valence-corrected chi connectivity index (χ1v) is 35.8. The van der Waals surface area contributed by atoms with Crippen molar-refractivity contribution in [1.82, 2.24) is 0 Å². The molecule has 17 nitrogen and oxygen atoms in total. The lowest BCUT2D eigenvalue weighted by molar-refractivity contribution is -0.161. The molecule has 3 N–H and O–H groups in total. The minimum absolute atomic E-state index is 0.104. The van der Waals surface area contributed by atoms with Gasteiger partial charge in [0.05, 0.1) is 26.4 Å². The SMILES string of the molecule is CCCCCCCCCCCCCCCCCCCCC(=O)O[C@H](COC(=O)CCCCCCCCCCC)COP(=O)(O)OC[C@@H](O)COP(=O)(O)OC[C@@H](COC(=O)CCCCCCCCC)OC(=O)CCCCCCCCC. The number of ether oxygens (including phenoxy) is 4. The lowest BCUT2D eigenvalue weighted by Gasteiger charge is -2.21. The van der Waals surface area contributed by atoms with Crippen LogP contribution >= 0.6 is 15.6 Å². The average Bonchev–Trinajstić information content (AvgIpc) is 3.44. The zero-order chi connectivity index (χ0) is 59.8. The number of unbranched alkanes of at least 4 members (excludes halogenated alkanes) is 37. The topological polar surface area (TPSA) is 237 Å². The van der Waals surface area contributed by atoms with Crippen LogP contribution in [-0.4, -0.2) is 96.7 Å². The summed E-state index contributed by atoms with van der Waals surface area (Å²) in [4.78, 5) is 71.8. The van der Waals surface area contributed by atoms with E-state index in [0.29, 0.717) is 25.7 Å². The fourth-order valence-corrected chi connectivity index (χ4v) is 10.9. The summed E-state index contributed by atoms with van der Waals surface area (Å²) in [5, 5.41) is 10.5. The van der Waals surface area contributed by atoms with Crippen molar-refractivity contribution in [3.05, 3.63) is 0 Å². The van der Waals surface area contributed by atoms with Gasteiger partial charge in [-0.1, -0.05) is 265 Å². The first-order chi connectivity index (χ1) is 39.2. The summed E-state index contributed by atoms with van der Waals surface area (Å²) < 4.78 is 67.7. The molecule has 0 spiro atoms. The molecule has 0 radical (unpaired) electrons. The van der Waals surface area contributed by atoms with Crippen LogP contribution in [0.1, 0.15) is 317 Å². The van der Waals surface area contributed by atoms with Crippen molar-refractivity contribution >= 4 is 39.5 Å². The predicted molar refractivity (Wildman–Crippen MR) is 322 cm³/mol. The Balaban J connectivity index is 5.11. The van der Waals surface area contributed by atoms with Gasteiger partial charge in [0.15, 0.2) is 12.2 Å². The number of carbonyl (C=O) groups is 4. The third kappa shape index (κ3) is 56.9.